The molecule has 0 saturated heterocycles. The third-order valence-electron chi connectivity index (χ3n) is 3.60. The van der Waals surface area contributed by atoms with Gasteiger partial charge in [-0.05, 0) is 48.9 Å². The lowest BCUT2D eigenvalue weighted by atomic mass is 9.97. The first kappa shape index (κ1) is 11.9. The molecule has 1 fully saturated rings. The van der Waals surface area contributed by atoms with Crippen molar-refractivity contribution in [1.82, 2.24) is 3.71 Å². The molecule has 2 aliphatic rings. The molecule has 3 rings (SSSR count). The van der Waals surface area contributed by atoms with Crippen LogP contribution in [-0.4, -0.2) is 9.75 Å². The van der Waals surface area contributed by atoms with Gasteiger partial charge in [0.15, 0.2) is 0 Å². The van der Waals surface area contributed by atoms with Gasteiger partial charge in [0.1, 0.15) is 0 Å². The predicted molar refractivity (Wildman–Crippen MR) is 76.1 cm³/mol. The first-order chi connectivity index (χ1) is 8.43. The summed E-state index contributed by atoms with van der Waals surface area (Å²) in [5.74, 6) is 0. The molecule has 1 nitrogen and oxygen atoms in total. The highest BCUT2D eigenvalue weighted by Crippen LogP contribution is 2.49. The molecule has 1 aromatic carbocycles. The van der Waals surface area contributed by atoms with Crippen LogP contribution in [0.2, 0.25) is 0 Å². The average Bonchev–Trinajstić information content (AvgIpc) is 2.71. The van der Waals surface area contributed by atoms with Gasteiger partial charge in [-0.25, -0.2) is 0 Å². The van der Waals surface area contributed by atoms with Crippen molar-refractivity contribution in [3.05, 3.63) is 24.3 Å². The van der Waals surface area contributed by atoms with E-state index in [1.54, 1.807) is 0 Å². The monoisotopic (exact) mass is 265 g/mol. The summed E-state index contributed by atoms with van der Waals surface area (Å²) in [5, 5.41) is 0. The van der Waals surface area contributed by atoms with Crippen LogP contribution < -0.4 is 0 Å². The number of benzene rings is 1. The second-order valence-electron chi connectivity index (χ2n) is 4.91. The van der Waals surface area contributed by atoms with Gasteiger partial charge in [0.25, 0.3) is 0 Å². The van der Waals surface area contributed by atoms with Crippen molar-refractivity contribution in [1.29, 1.82) is 0 Å². The number of fused-ring (bicyclic) bond motifs is 1. The van der Waals surface area contributed by atoms with E-state index in [2.05, 4.69) is 28.0 Å². The summed E-state index contributed by atoms with van der Waals surface area (Å²) in [6, 6.07) is 9.56. The summed E-state index contributed by atoms with van der Waals surface area (Å²) in [6.07, 6.45) is 9.92. The second kappa shape index (κ2) is 5.68. The molecule has 3 heteroatoms. The molecule has 1 aliphatic carbocycles. The Morgan fingerprint density at radius 1 is 0.824 bits per heavy atom. The normalized spacial score (nSPS) is 23.1. The molecule has 1 saturated carbocycles. The van der Waals surface area contributed by atoms with Crippen molar-refractivity contribution in [2.24, 2.45) is 0 Å². The molecule has 92 valence electrons. The van der Waals surface area contributed by atoms with Crippen molar-refractivity contribution in [2.45, 2.75) is 60.8 Å². The van der Waals surface area contributed by atoms with Crippen molar-refractivity contribution in [3.63, 3.8) is 0 Å². The maximum Gasteiger partial charge on any atom is 0.0388 e. The molecular weight excluding hydrogens is 246 g/mol. The molecule has 17 heavy (non-hydrogen) atoms. The second-order valence-corrected chi connectivity index (χ2v) is 7.18. The van der Waals surface area contributed by atoms with Crippen LogP contribution in [0.4, 0.5) is 0 Å². The Morgan fingerprint density at radius 2 is 1.35 bits per heavy atom. The van der Waals surface area contributed by atoms with Crippen LogP contribution in [-0.2, 0) is 0 Å². The van der Waals surface area contributed by atoms with Gasteiger partial charge in [-0.2, -0.15) is 3.71 Å². The summed E-state index contributed by atoms with van der Waals surface area (Å²) in [7, 11) is 0. The van der Waals surface area contributed by atoms with Gasteiger partial charge < -0.3 is 0 Å². The zero-order chi connectivity index (χ0) is 11.5. The third-order valence-corrected chi connectivity index (χ3v) is 6.24. The third kappa shape index (κ3) is 2.83. The highest BCUT2D eigenvalue weighted by Gasteiger charge is 2.27. The molecule has 0 spiro atoms. The van der Waals surface area contributed by atoms with E-state index in [-0.39, 0.29) is 0 Å². The zero-order valence-corrected chi connectivity index (χ0v) is 11.7. The van der Waals surface area contributed by atoms with Crippen molar-refractivity contribution in [2.75, 3.05) is 0 Å². The maximum absolute atomic E-state index is 2.55. The van der Waals surface area contributed by atoms with E-state index in [0.29, 0.717) is 0 Å². The minimum Gasteiger partial charge on any atom is -0.183 e. The molecule has 1 aromatic rings. The largest absolute Gasteiger partial charge is 0.183 e. The molecule has 0 atom stereocenters. The van der Waals surface area contributed by atoms with Crippen LogP contribution in [0.1, 0.15) is 44.9 Å². The molecule has 1 aliphatic heterocycles. The molecule has 0 radical (unpaired) electrons. The first-order valence-electron chi connectivity index (χ1n) is 6.68. The van der Waals surface area contributed by atoms with Crippen LogP contribution in [0.25, 0.3) is 0 Å². The Labute approximate surface area is 113 Å². The van der Waals surface area contributed by atoms with E-state index < -0.39 is 0 Å². The molecule has 0 bridgehead atoms. The van der Waals surface area contributed by atoms with Gasteiger partial charge in [0.05, 0.1) is 0 Å². The summed E-state index contributed by atoms with van der Waals surface area (Å²) < 4.78 is 2.55. The van der Waals surface area contributed by atoms with Crippen LogP contribution in [0.15, 0.2) is 34.1 Å². The molecule has 0 aromatic heterocycles. The summed E-state index contributed by atoms with van der Waals surface area (Å²) in [5.41, 5.74) is 0. The molecular formula is C14H19NS2. The summed E-state index contributed by atoms with van der Waals surface area (Å²) >= 11 is 3.91. The van der Waals surface area contributed by atoms with Gasteiger partial charge in [-0.3, -0.25) is 0 Å². The van der Waals surface area contributed by atoms with Crippen LogP contribution in [0.3, 0.4) is 0 Å². The highest BCUT2D eigenvalue weighted by atomic mass is 32.2. The van der Waals surface area contributed by atoms with Crippen LogP contribution in [0.5, 0.6) is 0 Å². The van der Waals surface area contributed by atoms with Crippen molar-refractivity contribution in [3.8, 4) is 0 Å². The summed E-state index contributed by atoms with van der Waals surface area (Å²) in [4.78, 5) is 2.89. The molecule has 0 amide bonds. The minimum absolute atomic E-state index is 0.776. The Kier molecular flexibility index (Phi) is 3.99. The fourth-order valence-corrected chi connectivity index (χ4v) is 5.16. The van der Waals surface area contributed by atoms with Crippen LogP contribution >= 0.6 is 23.9 Å². The topological polar surface area (TPSA) is 3.24 Å². The molecule has 0 N–H and O–H groups in total. The summed E-state index contributed by atoms with van der Waals surface area (Å²) in [6.45, 7) is 0. The maximum atomic E-state index is 2.55. The Hall–Kier alpha value is -0.120. The Bertz CT molecular complexity index is 347. The Morgan fingerprint density at radius 3 is 1.94 bits per heavy atom. The van der Waals surface area contributed by atoms with Gasteiger partial charge in [0, 0.05) is 15.8 Å². The Balaban J connectivity index is 1.66. The number of nitrogens with zero attached hydrogens (tertiary/aromatic N) is 1. The van der Waals surface area contributed by atoms with E-state index in [9.17, 15) is 0 Å². The fraction of sp³-hybridized carbons (Fsp3) is 0.571. The molecule has 1 heterocycles. The van der Waals surface area contributed by atoms with Gasteiger partial charge in [-0.1, -0.05) is 44.2 Å². The lowest BCUT2D eigenvalue weighted by Crippen LogP contribution is -2.22. The minimum atomic E-state index is 0.776. The smallest absolute Gasteiger partial charge is 0.0388 e. The zero-order valence-electron chi connectivity index (χ0n) is 10.1. The first-order valence-corrected chi connectivity index (χ1v) is 8.22. The molecule has 0 unspecified atom stereocenters. The van der Waals surface area contributed by atoms with Crippen LogP contribution in [0, 0.1) is 0 Å². The van der Waals surface area contributed by atoms with Gasteiger partial charge >= 0.3 is 0 Å². The lowest BCUT2D eigenvalue weighted by molar-refractivity contribution is 0.381. The number of rotatable bonds is 1. The SMILES string of the molecule is c1ccc2c(c1)SN(C1CCCCCCC1)S2. The van der Waals surface area contributed by atoms with Crippen molar-refractivity contribution < 1.29 is 0 Å². The predicted octanol–water partition coefficient (Wildman–Crippen LogP) is 5.13. The number of hydrogen-bond donors (Lipinski definition) is 0. The van der Waals surface area contributed by atoms with E-state index in [4.69, 9.17) is 0 Å². The van der Waals surface area contributed by atoms with E-state index >= 15 is 0 Å². The van der Waals surface area contributed by atoms with E-state index in [0.717, 1.165) is 6.04 Å². The van der Waals surface area contributed by atoms with E-state index in [1.807, 2.05) is 23.9 Å². The van der Waals surface area contributed by atoms with E-state index in [1.165, 1.54) is 54.7 Å². The standard InChI is InChI=1S/C14H19NS2/c1-2-4-8-12(9-5-3-1)15-16-13-10-6-7-11-14(13)17-15/h6-7,10-12H,1-5,8-9H2. The number of hydrogen-bond acceptors (Lipinski definition) is 3. The average molecular weight is 265 g/mol. The van der Waals surface area contributed by atoms with Gasteiger partial charge in [-0.15, -0.1) is 0 Å². The quantitative estimate of drug-likeness (QED) is 0.648. The highest BCUT2D eigenvalue weighted by molar-refractivity contribution is 8.14. The fourth-order valence-electron chi connectivity index (χ4n) is 2.61. The van der Waals surface area contributed by atoms with Gasteiger partial charge in [0.2, 0.25) is 0 Å². The lowest BCUT2D eigenvalue weighted by Gasteiger charge is -2.26. The van der Waals surface area contributed by atoms with Crippen molar-refractivity contribution >= 4 is 23.9 Å².